The number of hydrogen-bond donors (Lipinski definition) is 2. The van der Waals surface area contributed by atoms with Gasteiger partial charge in [0, 0.05) is 11.3 Å². The smallest absolute Gasteiger partial charge is 0.260 e. The second kappa shape index (κ2) is 8.05. The number of para-hydroxylation sites is 1. The van der Waals surface area contributed by atoms with Crippen LogP contribution >= 0.6 is 11.3 Å². The molecule has 0 unspecified atom stereocenters. The Balaban J connectivity index is 1.50. The Bertz CT molecular complexity index is 1040. The monoisotopic (exact) mass is 398 g/mol. The number of fused-ring (bicyclic) bond motifs is 3. The summed E-state index contributed by atoms with van der Waals surface area (Å²) in [5, 5.41) is 3.06. The van der Waals surface area contributed by atoms with Crippen molar-refractivity contribution in [3.05, 3.63) is 56.4 Å². The van der Waals surface area contributed by atoms with Gasteiger partial charge in [0.25, 0.3) is 5.56 Å². The number of aromatic nitrogens is 2. The van der Waals surface area contributed by atoms with Crippen molar-refractivity contribution in [3.8, 4) is 5.75 Å². The summed E-state index contributed by atoms with van der Waals surface area (Å²) in [5.41, 5.74) is 2.47. The lowest BCUT2D eigenvalue weighted by molar-refractivity contribution is -0.693. The minimum atomic E-state index is 0.0250. The van der Waals surface area contributed by atoms with E-state index in [-0.39, 0.29) is 11.6 Å². The summed E-state index contributed by atoms with van der Waals surface area (Å²) in [4.78, 5) is 22.9. The van der Waals surface area contributed by atoms with Gasteiger partial charge in [0.15, 0.2) is 5.82 Å². The molecule has 0 saturated carbocycles. The average Bonchev–Trinajstić information content (AvgIpc) is 3.06. The average molecular weight is 399 g/mol. The molecule has 0 aliphatic heterocycles. The van der Waals surface area contributed by atoms with Crippen LogP contribution in [-0.2, 0) is 19.3 Å². The van der Waals surface area contributed by atoms with E-state index in [1.165, 1.54) is 16.0 Å². The molecular formula is C22H28N3O2S+. The fraction of sp³-hybridized carbons (Fsp3) is 0.455. The van der Waals surface area contributed by atoms with Crippen LogP contribution in [0.1, 0.15) is 48.1 Å². The molecule has 3 N–H and O–H groups in total. The molecule has 3 aromatic rings. The fourth-order valence-electron chi connectivity index (χ4n) is 4.09. The molecule has 1 aromatic carbocycles. The number of quaternary nitrogens is 1. The van der Waals surface area contributed by atoms with E-state index in [4.69, 9.17) is 9.72 Å². The highest BCUT2D eigenvalue weighted by molar-refractivity contribution is 7.18. The number of methoxy groups -OCH3 is 1. The molecule has 1 aliphatic carbocycles. The molecule has 1 aliphatic rings. The first-order chi connectivity index (χ1) is 13.6. The predicted octanol–water partition coefficient (Wildman–Crippen LogP) is 2.99. The van der Waals surface area contributed by atoms with E-state index in [9.17, 15) is 4.79 Å². The zero-order valence-electron chi connectivity index (χ0n) is 16.7. The number of hydrogen-bond acceptors (Lipinski definition) is 4. The van der Waals surface area contributed by atoms with Crippen LogP contribution in [0.5, 0.6) is 5.75 Å². The molecule has 5 nitrogen and oxygen atoms in total. The van der Waals surface area contributed by atoms with Gasteiger partial charge in [-0.1, -0.05) is 25.1 Å². The van der Waals surface area contributed by atoms with Crippen LogP contribution in [0.4, 0.5) is 0 Å². The minimum Gasteiger partial charge on any atom is -0.496 e. The van der Waals surface area contributed by atoms with Gasteiger partial charge in [0.2, 0.25) is 0 Å². The maximum atomic E-state index is 12.8. The largest absolute Gasteiger partial charge is 0.496 e. The second-order valence-electron chi connectivity index (χ2n) is 7.86. The van der Waals surface area contributed by atoms with Crippen LogP contribution in [0.15, 0.2) is 29.1 Å². The lowest BCUT2D eigenvalue weighted by atomic mass is 9.89. The molecule has 0 radical (unpaired) electrons. The van der Waals surface area contributed by atoms with Crippen molar-refractivity contribution in [2.24, 2.45) is 5.92 Å². The van der Waals surface area contributed by atoms with Crippen molar-refractivity contribution in [2.45, 2.75) is 45.6 Å². The Morgan fingerprint density at radius 1 is 1.39 bits per heavy atom. The Morgan fingerprint density at radius 2 is 2.21 bits per heavy atom. The number of aryl methyl sites for hydroxylation is 1. The van der Waals surface area contributed by atoms with E-state index in [0.717, 1.165) is 54.0 Å². The van der Waals surface area contributed by atoms with E-state index < -0.39 is 0 Å². The third-order valence-electron chi connectivity index (χ3n) is 5.74. The molecule has 0 saturated heterocycles. The Kier molecular flexibility index (Phi) is 5.51. The molecule has 2 heterocycles. The minimum absolute atomic E-state index is 0.0250. The van der Waals surface area contributed by atoms with E-state index in [1.807, 2.05) is 18.2 Å². The third kappa shape index (κ3) is 3.71. The van der Waals surface area contributed by atoms with E-state index in [2.05, 4.69) is 30.2 Å². The van der Waals surface area contributed by atoms with Crippen LogP contribution in [0.3, 0.4) is 0 Å². The number of aromatic amines is 1. The number of nitrogens with one attached hydrogen (secondary N) is 1. The van der Waals surface area contributed by atoms with Crippen LogP contribution in [0, 0.1) is 5.92 Å². The van der Waals surface area contributed by atoms with Crippen LogP contribution in [0.25, 0.3) is 10.2 Å². The summed E-state index contributed by atoms with van der Waals surface area (Å²) in [5.74, 6) is 2.39. The lowest BCUT2D eigenvalue weighted by Gasteiger charge is -2.17. The Labute approximate surface area is 169 Å². The number of nitrogens with two attached hydrogens (primary N) is 1. The van der Waals surface area contributed by atoms with E-state index >= 15 is 0 Å². The van der Waals surface area contributed by atoms with E-state index in [1.54, 1.807) is 18.4 Å². The van der Waals surface area contributed by atoms with Crippen LogP contribution in [0.2, 0.25) is 0 Å². The molecule has 2 aromatic heterocycles. The SMILES string of the molecule is COc1ccccc1CC[NH2+][C@H](C)c1nc2sc3c(c2c(=O)[nH]1)CC[C@H](C)C3. The summed E-state index contributed by atoms with van der Waals surface area (Å²) in [7, 11) is 1.70. The van der Waals surface area contributed by atoms with Crippen molar-refractivity contribution in [1.29, 1.82) is 0 Å². The quantitative estimate of drug-likeness (QED) is 0.671. The zero-order chi connectivity index (χ0) is 19.7. The van der Waals surface area contributed by atoms with Gasteiger partial charge in [-0.15, -0.1) is 11.3 Å². The normalized spacial score (nSPS) is 17.5. The van der Waals surface area contributed by atoms with Crippen molar-refractivity contribution >= 4 is 21.6 Å². The highest BCUT2D eigenvalue weighted by Crippen LogP contribution is 2.35. The summed E-state index contributed by atoms with van der Waals surface area (Å²) < 4.78 is 5.43. The molecule has 0 spiro atoms. The topological polar surface area (TPSA) is 71.6 Å². The number of H-pyrrole nitrogens is 1. The number of rotatable bonds is 6. The maximum Gasteiger partial charge on any atom is 0.260 e. The number of benzene rings is 1. The van der Waals surface area contributed by atoms with Crippen molar-refractivity contribution < 1.29 is 10.1 Å². The van der Waals surface area contributed by atoms with Gasteiger partial charge in [-0.25, -0.2) is 4.98 Å². The van der Waals surface area contributed by atoms with Crippen LogP contribution in [-0.4, -0.2) is 23.6 Å². The molecule has 2 atom stereocenters. The second-order valence-corrected chi connectivity index (χ2v) is 8.94. The standard InChI is InChI=1S/C22H27N3O2S/c1-13-8-9-16-18(12-13)28-22-19(16)21(26)24-20(25-22)14(2)23-11-10-15-6-4-5-7-17(15)27-3/h4-7,13-14,23H,8-12H2,1-3H3,(H,24,25,26)/p+1/t13-,14+/m0/s1. The predicted molar refractivity (Wildman–Crippen MR) is 113 cm³/mol. The maximum absolute atomic E-state index is 12.8. The summed E-state index contributed by atoms with van der Waals surface area (Å²) in [6, 6.07) is 8.21. The molecule has 0 amide bonds. The van der Waals surface area contributed by atoms with Crippen molar-refractivity contribution in [3.63, 3.8) is 0 Å². The van der Waals surface area contributed by atoms with Gasteiger partial charge < -0.3 is 15.0 Å². The number of nitrogens with zero attached hydrogens (tertiary/aromatic N) is 1. The molecule has 4 rings (SSSR count). The molecule has 28 heavy (non-hydrogen) atoms. The Hall–Kier alpha value is -2.18. The fourth-order valence-corrected chi connectivity index (χ4v) is 5.48. The van der Waals surface area contributed by atoms with Gasteiger partial charge in [-0.05, 0) is 49.3 Å². The van der Waals surface area contributed by atoms with Gasteiger partial charge >= 0.3 is 0 Å². The third-order valence-corrected chi connectivity index (χ3v) is 6.89. The highest BCUT2D eigenvalue weighted by Gasteiger charge is 2.24. The number of thiophene rings is 1. The lowest BCUT2D eigenvalue weighted by Crippen LogP contribution is -2.85. The van der Waals surface area contributed by atoms with Gasteiger partial charge in [-0.3, -0.25) is 4.79 Å². The summed E-state index contributed by atoms with van der Waals surface area (Å²) in [6.45, 7) is 5.29. The van der Waals surface area contributed by atoms with Crippen molar-refractivity contribution in [2.75, 3.05) is 13.7 Å². The molecule has 0 bridgehead atoms. The van der Waals surface area contributed by atoms with Crippen molar-refractivity contribution in [1.82, 2.24) is 9.97 Å². The van der Waals surface area contributed by atoms with Gasteiger partial charge in [0.1, 0.15) is 16.6 Å². The molecule has 6 heteroatoms. The molecule has 0 fully saturated rings. The van der Waals surface area contributed by atoms with Gasteiger partial charge in [0.05, 0.1) is 19.0 Å². The Morgan fingerprint density at radius 3 is 3.04 bits per heavy atom. The zero-order valence-corrected chi connectivity index (χ0v) is 17.6. The number of ether oxygens (including phenoxy) is 1. The first kappa shape index (κ1) is 19.2. The summed E-state index contributed by atoms with van der Waals surface area (Å²) in [6.07, 6.45) is 4.14. The van der Waals surface area contributed by atoms with E-state index in [0.29, 0.717) is 5.92 Å². The molecular weight excluding hydrogens is 370 g/mol. The highest BCUT2D eigenvalue weighted by atomic mass is 32.1. The summed E-state index contributed by atoms with van der Waals surface area (Å²) >= 11 is 1.71. The molecule has 148 valence electrons. The van der Waals surface area contributed by atoms with Crippen LogP contribution < -0.4 is 15.6 Å². The first-order valence-corrected chi connectivity index (χ1v) is 10.9. The van der Waals surface area contributed by atoms with Gasteiger partial charge in [-0.2, -0.15) is 0 Å². The first-order valence-electron chi connectivity index (χ1n) is 10.1.